The third-order valence-corrected chi connectivity index (χ3v) is 3.38. The molecule has 1 aromatic carbocycles. The highest BCUT2D eigenvalue weighted by Gasteiger charge is 2.16. The maximum atomic E-state index is 9.59. The van der Waals surface area contributed by atoms with Gasteiger partial charge in [0.25, 0.3) is 0 Å². The van der Waals surface area contributed by atoms with Gasteiger partial charge in [0.2, 0.25) is 0 Å². The van der Waals surface area contributed by atoms with Gasteiger partial charge in [-0.2, -0.15) is 5.10 Å². The highest BCUT2D eigenvalue weighted by atomic mass is 35.5. The summed E-state index contributed by atoms with van der Waals surface area (Å²) >= 11 is 5.88. The number of aliphatic hydroxyl groups excluding tert-OH is 1. The van der Waals surface area contributed by atoms with Crippen molar-refractivity contribution in [1.82, 2.24) is 14.8 Å². The summed E-state index contributed by atoms with van der Waals surface area (Å²) in [6.07, 6.45) is 2.22. The van der Waals surface area contributed by atoms with Crippen LogP contribution in [-0.4, -0.2) is 26.5 Å². The number of benzene rings is 1. The lowest BCUT2D eigenvalue weighted by molar-refractivity contribution is 0.261. The first-order valence-electron chi connectivity index (χ1n) is 6.36. The van der Waals surface area contributed by atoms with Crippen molar-refractivity contribution < 1.29 is 5.11 Å². The smallest absolute Gasteiger partial charge is 0.138 e. The van der Waals surface area contributed by atoms with Crippen molar-refractivity contribution in [3.05, 3.63) is 47.0 Å². The van der Waals surface area contributed by atoms with Gasteiger partial charge in [0.05, 0.1) is 6.61 Å². The summed E-state index contributed by atoms with van der Waals surface area (Å²) in [6.45, 7) is 4.20. The predicted octanol–water partition coefficient (Wildman–Crippen LogP) is 2.83. The Kier molecular flexibility index (Phi) is 4.56. The Morgan fingerprint density at radius 1 is 1.26 bits per heavy atom. The van der Waals surface area contributed by atoms with E-state index in [2.05, 4.69) is 23.9 Å². The van der Waals surface area contributed by atoms with Gasteiger partial charge in [0, 0.05) is 23.4 Å². The van der Waals surface area contributed by atoms with Gasteiger partial charge in [-0.25, -0.2) is 9.67 Å². The molecule has 1 N–H and O–H groups in total. The van der Waals surface area contributed by atoms with Crippen molar-refractivity contribution in [2.45, 2.75) is 32.2 Å². The minimum Gasteiger partial charge on any atom is -0.396 e. The van der Waals surface area contributed by atoms with Crippen LogP contribution >= 0.6 is 11.6 Å². The molecule has 0 amide bonds. The van der Waals surface area contributed by atoms with Crippen LogP contribution in [0.4, 0.5) is 0 Å². The second-order valence-electron chi connectivity index (χ2n) is 4.85. The number of nitrogens with zero attached hydrogens (tertiary/aromatic N) is 3. The van der Waals surface area contributed by atoms with Gasteiger partial charge in [0.1, 0.15) is 12.2 Å². The Morgan fingerprint density at radius 2 is 1.95 bits per heavy atom. The molecule has 0 aliphatic rings. The quantitative estimate of drug-likeness (QED) is 0.916. The van der Waals surface area contributed by atoms with Gasteiger partial charge in [-0.1, -0.05) is 23.7 Å². The fourth-order valence-corrected chi connectivity index (χ4v) is 2.22. The minimum atomic E-state index is 0.0129. The number of hydrogen-bond acceptors (Lipinski definition) is 3. The van der Waals surface area contributed by atoms with E-state index < -0.39 is 0 Å². The molecule has 0 spiro atoms. The average molecular weight is 280 g/mol. The van der Waals surface area contributed by atoms with Gasteiger partial charge >= 0.3 is 0 Å². The zero-order valence-electron chi connectivity index (χ0n) is 11.1. The highest BCUT2D eigenvalue weighted by Crippen LogP contribution is 2.22. The first kappa shape index (κ1) is 14.0. The van der Waals surface area contributed by atoms with E-state index in [-0.39, 0.29) is 18.6 Å². The summed E-state index contributed by atoms with van der Waals surface area (Å²) in [6, 6.07) is 7.83. The van der Waals surface area contributed by atoms with Gasteiger partial charge in [-0.05, 0) is 31.5 Å². The first-order valence-corrected chi connectivity index (χ1v) is 6.74. The number of rotatable bonds is 5. The van der Waals surface area contributed by atoms with E-state index in [1.165, 1.54) is 0 Å². The van der Waals surface area contributed by atoms with Crippen LogP contribution in [0.2, 0.25) is 5.02 Å². The molecule has 0 saturated heterocycles. The van der Waals surface area contributed by atoms with Gasteiger partial charge < -0.3 is 5.11 Å². The molecule has 0 radical (unpaired) electrons. The monoisotopic (exact) mass is 279 g/mol. The molecule has 1 unspecified atom stereocenters. The summed E-state index contributed by atoms with van der Waals surface area (Å²) in [4.78, 5) is 4.28. The fraction of sp³-hybridized carbons (Fsp3) is 0.429. The molecule has 0 saturated carbocycles. The third kappa shape index (κ3) is 3.33. The van der Waals surface area contributed by atoms with Crippen molar-refractivity contribution in [3.8, 4) is 0 Å². The van der Waals surface area contributed by atoms with E-state index >= 15 is 0 Å². The molecule has 0 fully saturated rings. The van der Waals surface area contributed by atoms with E-state index in [0.29, 0.717) is 11.4 Å². The van der Waals surface area contributed by atoms with Gasteiger partial charge in [-0.3, -0.25) is 0 Å². The van der Waals surface area contributed by atoms with Crippen LogP contribution < -0.4 is 0 Å². The van der Waals surface area contributed by atoms with Gasteiger partial charge in [0.15, 0.2) is 0 Å². The van der Waals surface area contributed by atoms with Crippen LogP contribution in [0.1, 0.15) is 37.2 Å². The molecule has 5 heteroatoms. The van der Waals surface area contributed by atoms with Crippen molar-refractivity contribution in [1.29, 1.82) is 0 Å². The lowest BCUT2D eigenvalue weighted by Crippen LogP contribution is -2.14. The molecule has 4 nitrogen and oxygen atoms in total. The van der Waals surface area contributed by atoms with Crippen molar-refractivity contribution in [2.24, 2.45) is 0 Å². The maximum Gasteiger partial charge on any atom is 0.138 e. The maximum absolute atomic E-state index is 9.59. The number of aliphatic hydroxyl groups is 1. The Morgan fingerprint density at radius 3 is 2.53 bits per heavy atom. The second-order valence-corrected chi connectivity index (χ2v) is 5.29. The number of halogens is 1. The van der Waals surface area contributed by atoms with Gasteiger partial charge in [-0.15, -0.1) is 0 Å². The molecular weight excluding hydrogens is 262 g/mol. The van der Waals surface area contributed by atoms with Crippen molar-refractivity contribution >= 4 is 11.6 Å². The predicted molar refractivity (Wildman–Crippen MR) is 75.4 cm³/mol. The minimum absolute atomic E-state index is 0.0129. The standard InChI is InChI=1S/C14H18ClN3O/c1-10(2)18-14(16-9-17-18)7-12(8-19)11-3-5-13(15)6-4-11/h3-6,9-10,12,19H,7-8H2,1-2H3. The van der Waals surface area contributed by atoms with Crippen LogP contribution in [0, 0.1) is 0 Å². The molecule has 19 heavy (non-hydrogen) atoms. The summed E-state index contributed by atoms with van der Waals surface area (Å²) in [7, 11) is 0. The van der Waals surface area contributed by atoms with Crippen LogP contribution in [-0.2, 0) is 6.42 Å². The number of hydrogen-bond donors (Lipinski definition) is 1. The Labute approximate surface area is 118 Å². The molecule has 0 bridgehead atoms. The molecular formula is C14H18ClN3O. The molecule has 2 aromatic rings. The van der Waals surface area contributed by atoms with Crippen LogP contribution in [0.25, 0.3) is 0 Å². The van der Waals surface area contributed by atoms with Crippen molar-refractivity contribution in [3.63, 3.8) is 0 Å². The Bertz CT molecular complexity index is 522. The summed E-state index contributed by atoms with van der Waals surface area (Å²) in [5.74, 6) is 0.906. The van der Waals surface area contributed by atoms with Crippen LogP contribution in [0.15, 0.2) is 30.6 Å². The molecule has 1 heterocycles. The Balaban J connectivity index is 2.19. The van der Waals surface area contributed by atoms with E-state index in [4.69, 9.17) is 11.6 Å². The normalized spacial score (nSPS) is 12.9. The second kappa shape index (κ2) is 6.17. The van der Waals surface area contributed by atoms with Crippen LogP contribution in [0.3, 0.4) is 0 Å². The molecule has 1 atom stereocenters. The largest absolute Gasteiger partial charge is 0.396 e. The lowest BCUT2D eigenvalue weighted by atomic mass is 9.96. The molecule has 0 aliphatic carbocycles. The van der Waals surface area contributed by atoms with E-state index in [9.17, 15) is 5.11 Å². The first-order chi connectivity index (χ1) is 9.11. The zero-order chi connectivity index (χ0) is 13.8. The topological polar surface area (TPSA) is 50.9 Å². The van der Waals surface area contributed by atoms with E-state index in [1.807, 2.05) is 28.9 Å². The zero-order valence-corrected chi connectivity index (χ0v) is 11.9. The highest BCUT2D eigenvalue weighted by molar-refractivity contribution is 6.30. The SMILES string of the molecule is CC(C)n1ncnc1CC(CO)c1ccc(Cl)cc1. The molecule has 102 valence electrons. The molecule has 2 rings (SSSR count). The fourth-order valence-electron chi connectivity index (χ4n) is 2.09. The molecule has 1 aromatic heterocycles. The van der Waals surface area contributed by atoms with Crippen molar-refractivity contribution in [2.75, 3.05) is 6.61 Å². The third-order valence-electron chi connectivity index (χ3n) is 3.13. The Hall–Kier alpha value is -1.39. The number of aromatic nitrogens is 3. The lowest BCUT2D eigenvalue weighted by Gasteiger charge is -2.16. The van der Waals surface area contributed by atoms with E-state index in [1.54, 1.807) is 6.33 Å². The summed E-state index contributed by atoms with van der Waals surface area (Å²) < 4.78 is 1.89. The van der Waals surface area contributed by atoms with Crippen LogP contribution in [0.5, 0.6) is 0 Å². The average Bonchev–Trinajstić information content (AvgIpc) is 2.85. The summed E-state index contributed by atoms with van der Waals surface area (Å²) in [5.41, 5.74) is 1.06. The molecule has 0 aliphatic heterocycles. The summed E-state index contributed by atoms with van der Waals surface area (Å²) in [5, 5.41) is 14.5. The van der Waals surface area contributed by atoms with E-state index in [0.717, 1.165) is 11.4 Å².